The van der Waals surface area contributed by atoms with Gasteiger partial charge in [0.15, 0.2) is 0 Å². The van der Waals surface area contributed by atoms with Gasteiger partial charge in [0.1, 0.15) is 5.75 Å². The molecule has 1 aliphatic heterocycles. The van der Waals surface area contributed by atoms with Gasteiger partial charge in [0.05, 0.1) is 44.0 Å². The van der Waals surface area contributed by atoms with E-state index in [9.17, 15) is 14.4 Å². The topological polar surface area (TPSA) is 75.7 Å². The Morgan fingerprint density at radius 1 is 0.844 bits per heavy atom. The van der Waals surface area contributed by atoms with Crippen molar-refractivity contribution in [2.45, 2.75) is 0 Å². The molecule has 0 aromatic heterocycles. The smallest absolute Gasteiger partial charge is 0.267 e. The summed E-state index contributed by atoms with van der Waals surface area (Å²) in [5.41, 5.74) is 0.868. The number of hydrogen-bond donors (Lipinski definition) is 1. The highest BCUT2D eigenvalue weighted by atomic mass is 35.5. The monoisotopic (exact) mass is 508 g/mol. The van der Waals surface area contributed by atoms with E-state index < -0.39 is 11.8 Å². The molecule has 1 aliphatic rings. The van der Waals surface area contributed by atoms with Gasteiger partial charge in [0, 0.05) is 17.3 Å². The van der Waals surface area contributed by atoms with Crippen LogP contribution in [0.4, 0.5) is 11.4 Å². The minimum absolute atomic E-state index is 0.107. The maximum atomic E-state index is 12.9. The van der Waals surface area contributed by atoms with E-state index in [0.717, 1.165) is 4.90 Å². The molecule has 0 fully saturated rings. The molecule has 0 aliphatic carbocycles. The summed E-state index contributed by atoms with van der Waals surface area (Å²) in [4.78, 5) is 39.3. The molecule has 162 valence electrons. The molecule has 0 bridgehead atoms. The Bertz CT molecular complexity index is 1250. The Labute approximate surface area is 202 Å². The van der Waals surface area contributed by atoms with Crippen LogP contribution < -0.4 is 15.0 Å². The van der Waals surface area contributed by atoms with Crippen molar-refractivity contribution in [3.63, 3.8) is 0 Å². The molecule has 1 N–H and O–H groups in total. The number of benzene rings is 3. The largest absolute Gasteiger partial charge is 0.497 e. The average Bonchev–Trinajstić information content (AvgIpc) is 3.06. The lowest BCUT2D eigenvalue weighted by Crippen LogP contribution is -2.29. The van der Waals surface area contributed by atoms with Crippen molar-refractivity contribution in [1.29, 1.82) is 0 Å². The van der Waals surface area contributed by atoms with E-state index in [1.54, 1.807) is 24.3 Å². The van der Waals surface area contributed by atoms with Crippen LogP contribution in [0, 0.1) is 0 Å². The van der Waals surface area contributed by atoms with Crippen molar-refractivity contribution in [3.05, 3.63) is 85.3 Å². The molecule has 0 unspecified atom stereocenters. The van der Waals surface area contributed by atoms with Crippen LogP contribution in [-0.2, 0) is 0 Å². The summed E-state index contributed by atoms with van der Waals surface area (Å²) < 4.78 is 5.14. The number of amides is 3. The molecule has 0 saturated carbocycles. The lowest BCUT2D eigenvalue weighted by atomic mass is 10.1. The molecule has 4 rings (SSSR count). The normalized spacial score (nSPS) is 12.7. The van der Waals surface area contributed by atoms with Crippen molar-refractivity contribution >= 4 is 75.5 Å². The van der Waals surface area contributed by atoms with Gasteiger partial charge in [0.25, 0.3) is 17.7 Å². The Morgan fingerprint density at radius 2 is 1.41 bits per heavy atom. The van der Waals surface area contributed by atoms with E-state index in [1.165, 1.54) is 31.4 Å². The number of carbonyl (C=O) groups excluding carboxylic acids is 3. The van der Waals surface area contributed by atoms with Gasteiger partial charge in [-0.15, -0.1) is 0 Å². The zero-order chi connectivity index (χ0) is 23.2. The second-order valence-electron chi connectivity index (χ2n) is 6.68. The number of methoxy groups -OCH3 is 1. The van der Waals surface area contributed by atoms with Crippen LogP contribution in [0.2, 0.25) is 20.1 Å². The minimum atomic E-state index is -0.691. The van der Waals surface area contributed by atoms with Crippen molar-refractivity contribution in [3.8, 4) is 5.75 Å². The Kier molecular flexibility index (Phi) is 6.05. The molecule has 10 heteroatoms. The third-order valence-corrected chi connectivity index (χ3v) is 6.62. The number of halogens is 4. The van der Waals surface area contributed by atoms with Gasteiger partial charge in [-0.05, 0) is 36.4 Å². The number of carbonyl (C=O) groups is 3. The number of ether oxygens (including phenoxy) is 1. The SMILES string of the molecule is COc1cccc(NC(=O)c2ccc(N3C(=O)c4c(Cl)c(Cl)c(Cl)c(Cl)c4C3=O)cc2)c1. The standard InChI is InChI=1S/C22H12Cl4N2O4/c1-32-13-4-2-3-11(9-13)27-20(29)10-5-7-12(8-6-10)28-21(30)14-15(22(28)31)17(24)19(26)18(25)16(14)23/h2-9H,1H3,(H,27,29). The van der Waals surface area contributed by atoms with Gasteiger partial charge in [-0.1, -0.05) is 52.5 Å². The van der Waals surface area contributed by atoms with E-state index in [2.05, 4.69) is 5.32 Å². The predicted octanol–water partition coefficient (Wildman–Crippen LogP) is 6.36. The number of nitrogens with one attached hydrogen (secondary N) is 1. The van der Waals surface area contributed by atoms with E-state index >= 15 is 0 Å². The molecular formula is C22H12Cl4N2O4. The minimum Gasteiger partial charge on any atom is -0.497 e. The number of rotatable bonds is 4. The van der Waals surface area contributed by atoms with Gasteiger partial charge in [-0.25, -0.2) is 4.90 Å². The van der Waals surface area contributed by atoms with Crippen molar-refractivity contribution < 1.29 is 19.1 Å². The van der Waals surface area contributed by atoms with Crippen LogP contribution in [0.1, 0.15) is 31.1 Å². The molecule has 32 heavy (non-hydrogen) atoms. The lowest BCUT2D eigenvalue weighted by molar-refractivity contribution is 0.0925. The first kappa shape index (κ1) is 22.4. The number of anilines is 2. The van der Waals surface area contributed by atoms with Gasteiger partial charge in [-0.3, -0.25) is 14.4 Å². The fourth-order valence-electron chi connectivity index (χ4n) is 3.25. The molecule has 1 heterocycles. The van der Waals surface area contributed by atoms with Crippen LogP contribution in [0.25, 0.3) is 0 Å². The summed E-state index contributed by atoms with van der Waals surface area (Å²) in [7, 11) is 1.53. The molecule has 0 atom stereocenters. The van der Waals surface area contributed by atoms with E-state index in [-0.39, 0.29) is 42.8 Å². The summed E-state index contributed by atoms with van der Waals surface area (Å²) in [6.45, 7) is 0. The molecular weight excluding hydrogens is 498 g/mol. The van der Waals surface area contributed by atoms with Crippen molar-refractivity contribution in [1.82, 2.24) is 0 Å². The third kappa shape index (κ3) is 3.69. The predicted molar refractivity (Wildman–Crippen MR) is 125 cm³/mol. The van der Waals surface area contributed by atoms with Gasteiger partial charge < -0.3 is 10.1 Å². The quantitative estimate of drug-likeness (QED) is 0.252. The highest BCUT2D eigenvalue weighted by molar-refractivity contribution is 6.56. The summed E-state index contributed by atoms with van der Waals surface area (Å²) in [5, 5.41) is 2.24. The number of nitrogens with zero attached hydrogens (tertiary/aromatic N) is 1. The number of fused-ring (bicyclic) bond motifs is 1. The molecule has 0 radical (unpaired) electrons. The summed E-state index contributed by atoms with van der Waals surface area (Å²) >= 11 is 24.4. The van der Waals surface area contributed by atoms with E-state index in [0.29, 0.717) is 17.0 Å². The molecule has 0 spiro atoms. The second-order valence-corrected chi connectivity index (χ2v) is 8.20. The second kappa shape index (κ2) is 8.64. The average molecular weight is 510 g/mol. The Hall–Kier alpha value is -2.77. The van der Waals surface area contributed by atoms with Crippen LogP contribution in [0.3, 0.4) is 0 Å². The zero-order valence-electron chi connectivity index (χ0n) is 16.2. The highest BCUT2D eigenvalue weighted by Gasteiger charge is 2.42. The highest BCUT2D eigenvalue weighted by Crippen LogP contribution is 2.45. The summed E-state index contributed by atoms with van der Waals surface area (Å²) in [6, 6.07) is 12.8. The summed E-state index contributed by atoms with van der Waals surface area (Å²) in [5.74, 6) is -1.16. The van der Waals surface area contributed by atoms with Crippen LogP contribution in [0.5, 0.6) is 5.75 Å². The summed E-state index contributed by atoms with van der Waals surface area (Å²) in [6.07, 6.45) is 0. The third-order valence-electron chi connectivity index (χ3n) is 4.82. The maximum absolute atomic E-state index is 12.9. The molecule has 3 amide bonds. The van der Waals surface area contributed by atoms with E-state index in [4.69, 9.17) is 51.1 Å². The molecule has 3 aromatic rings. The first-order valence-electron chi connectivity index (χ1n) is 9.04. The first-order chi connectivity index (χ1) is 15.2. The van der Waals surface area contributed by atoms with Gasteiger partial charge in [-0.2, -0.15) is 0 Å². The van der Waals surface area contributed by atoms with Crippen LogP contribution >= 0.6 is 46.4 Å². The Morgan fingerprint density at radius 3 is 1.94 bits per heavy atom. The first-order valence-corrected chi connectivity index (χ1v) is 10.6. The zero-order valence-corrected chi connectivity index (χ0v) is 19.2. The van der Waals surface area contributed by atoms with Gasteiger partial charge >= 0.3 is 0 Å². The molecule has 0 saturated heterocycles. The van der Waals surface area contributed by atoms with E-state index in [1.807, 2.05) is 0 Å². The van der Waals surface area contributed by atoms with Crippen molar-refractivity contribution in [2.24, 2.45) is 0 Å². The lowest BCUT2D eigenvalue weighted by Gasteiger charge is -2.14. The van der Waals surface area contributed by atoms with Crippen LogP contribution in [-0.4, -0.2) is 24.8 Å². The van der Waals surface area contributed by atoms with Crippen LogP contribution in [0.15, 0.2) is 48.5 Å². The molecule has 6 nitrogen and oxygen atoms in total. The Balaban J connectivity index is 1.61. The molecule has 3 aromatic carbocycles. The number of imide groups is 1. The fourth-order valence-corrected chi connectivity index (χ4v) is 4.26. The number of hydrogen-bond acceptors (Lipinski definition) is 4. The maximum Gasteiger partial charge on any atom is 0.267 e. The van der Waals surface area contributed by atoms with Crippen molar-refractivity contribution in [2.75, 3.05) is 17.3 Å². The van der Waals surface area contributed by atoms with Gasteiger partial charge in [0.2, 0.25) is 0 Å². The fraction of sp³-hybridized carbons (Fsp3) is 0.0455.